The summed E-state index contributed by atoms with van der Waals surface area (Å²) in [5.41, 5.74) is 0. The molecule has 0 aliphatic carbocycles. The second kappa shape index (κ2) is 62.4. The van der Waals surface area contributed by atoms with Crippen LogP contribution in [0.1, 0.15) is 329 Å². The molecule has 0 saturated heterocycles. The van der Waals surface area contributed by atoms with Gasteiger partial charge in [-0.1, -0.05) is 277 Å². The number of rotatable bonds is 67. The van der Waals surface area contributed by atoms with Crippen LogP contribution in [-0.4, -0.2) is 96.7 Å². The fourth-order valence-corrected chi connectivity index (χ4v) is 11.4. The molecule has 5 atom stereocenters. The summed E-state index contributed by atoms with van der Waals surface area (Å²) in [6.45, 7) is 4.81. The van der Waals surface area contributed by atoms with Crippen LogP contribution in [0.5, 0.6) is 0 Å². The van der Waals surface area contributed by atoms with Crippen LogP contribution in [0, 0.1) is 0 Å². The lowest BCUT2D eigenvalue weighted by Gasteiger charge is -2.21. The number of hydrogen-bond acceptors (Lipinski definition) is 15. The van der Waals surface area contributed by atoms with Gasteiger partial charge in [0.25, 0.3) is 0 Å². The molecule has 17 nitrogen and oxygen atoms in total. The molecule has 0 aliphatic rings. The van der Waals surface area contributed by atoms with E-state index < -0.39 is 97.5 Å². The maximum atomic E-state index is 13.0. The summed E-state index contributed by atoms with van der Waals surface area (Å²) < 4.78 is 68.0. The monoisotopic (exact) mass is 1280 g/mol. The Kier molecular flexibility index (Phi) is 60.6. The minimum Gasteiger partial charge on any atom is -0.462 e. The molecule has 0 aliphatic heterocycles. The highest BCUT2D eigenvalue weighted by atomic mass is 31.2. The Morgan fingerprint density at radius 2 is 0.552 bits per heavy atom. The van der Waals surface area contributed by atoms with Crippen molar-refractivity contribution >= 4 is 39.5 Å². The van der Waals surface area contributed by atoms with Crippen LogP contribution in [0.4, 0.5) is 0 Å². The fourth-order valence-electron chi connectivity index (χ4n) is 9.80. The van der Waals surface area contributed by atoms with Crippen LogP contribution in [0.25, 0.3) is 0 Å². The topological polar surface area (TPSA) is 237 Å². The molecule has 0 bridgehead atoms. The minimum absolute atomic E-state index is 0.102. The lowest BCUT2D eigenvalue weighted by molar-refractivity contribution is -0.161. The van der Waals surface area contributed by atoms with Crippen LogP contribution < -0.4 is 0 Å². The van der Waals surface area contributed by atoms with Gasteiger partial charge < -0.3 is 33.8 Å². The maximum Gasteiger partial charge on any atom is 0.472 e. The van der Waals surface area contributed by atoms with Gasteiger partial charge in [0.2, 0.25) is 0 Å². The van der Waals surface area contributed by atoms with E-state index in [4.69, 9.17) is 37.0 Å². The molecule has 0 radical (unpaired) electrons. The third kappa shape index (κ3) is 62.1. The van der Waals surface area contributed by atoms with E-state index >= 15 is 0 Å². The Morgan fingerprint density at radius 1 is 0.322 bits per heavy atom. The molecule has 19 heteroatoms. The van der Waals surface area contributed by atoms with E-state index in [-0.39, 0.29) is 25.7 Å². The molecule has 0 heterocycles. The number of hydrogen-bond donors (Lipinski definition) is 3. The largest absolute Gasteiger partial charge is 0.472 e. The van der Waals surface area contributed by atoms with Crippen molar-refractivity contribution in [1.82, 2.24) is 0 Å². The number of ether oxygens (including phenoxy) is 4. The summed E-state index contributed by atoms with van der Waals surface area (Å²) in [6, 6.07) is 0. The van der Waals surface area contributed by atoms with Crippen LogP contribution in [-0.2, 0) is 65.4 Å². The number of aliphatic hydroxyl groups excluding tert-OH is 1. The summed E-state index contributed by atoms with van der Waals surface area (Å²) in [7, 11) is -9.90. The van der Waals surface area contributed by atoms with Crippen molar-refractivity contribution in [3.05, 3.63) is 24.3 Å². The number of carbonyl (C=O) groups excluding carboxylic acids is 4. The second-order valence-corrected chi connectivity index (χ2v) is 26.8. The number of unbranched alkanes of at least 4 members (excludes halogenated alkanes) is 38. The van der Waals surface area contributed by atoms with Gasteiger partial charge in [0.1, 0.15) is 19.3 Å². The van der Waals surface area contributed by atoms with Gasteiger partial charge in [0, 0.05) is 25.7 Å². The molecule has 0 aromatic heterocycles. The molecule has 0 amide bonds. The minimum atomic E-state index is -4.95. The maximum absolute atomic E-state index is 13.0. The normalized spacial score (nSPS) is 14.2. The Hall–Kier alpha value is -2.46. The first-order valence-corrected chi connectivity index (χ1v) is 38.1. The molecule has 0 aromatic rings. The second-order valence-electron chi connectivity index (χ2n) is 23.9. The number of allylic oxidation sites excluding steroid dienone is 4. The lowest BCUT2D eigenvalue weighted by Crippen LogP contribution is -2.30. The fraction of sp³-hybridized carbons (Fsp3) is 0.882. The molecule has 2 unspecified atom stereocenters. The summed E-state index contributed by atoms with van der Waals surface area (Å²) in [4.78, 5) is 72.2. The van der Waals surface area contributed by atoms with Crippen molar-refractivity contribution in [3.8, 4) is 0 Å². The van der Waals surface area contributed by atoms with Gasteiger partial charge in [-0.05, 0) is 51.4 Å². The van der Waals surface area contributed by atoms with Gasteiger partial charge in [0.05, 0.1) is 26.4 Å². The highest BCUT2D eigenvalue weighted by Crippen LogP contribution is 2.45. The van der Waals surface area contributed by atoms with E-state index in [0.29, 0.717) is 25.7 Å². The quantitative estimate of drug-likeness (QED) is 0.0169. The molecule has 0 saturated carbocycles. The first-order valence-electron chi connectivity index (χ1n) is 35.1. The van der Waals surface area contributed by atoms with Crippen molar-refractivity contribution in [2.24, 2.45) is 0 Å². The highest BCUT2D eigenvalue weighted by molar-refractivity contribution is 7.47. The van der Waals surface area contributed by atoms with E-state index in [2.05, 4.69) is 52.0 Å². The van der Waals surface area contributed by atoms with E-state index in [9.17, 15) is 43.2 Å². The van der Waals surface area contributed by atoms with E-state index in [1.165, 1.54) is 128 Å². The summed E-state index contributed by atoms with van der Waals surface area (Å²) in [6.07, 6.45) is 52.3. The van der Waals surface area contributed by atoms with Gasteiger partial charge in [-0.3, -0.25) is 37.3 Å². The molecule has 87 heavy (non-hydrogen) atoms. The standard InChI is InChI=1S/C68H128O17P2/c1-5-9-13-17-21-24-26-28-30-32-34-36-39-43-47-51-55-68(73)85-64(59-79-66(71)53-49-45-41-38-35-33-31-29-27-25-22-18-14-10-6-2)61-83-87(76,77)81-57-62(69)56-80-86(74,75)82-60-63(58-78-65(70)52-48-44-40-20-16-12-8-4)84-67(72)54-50-46-42-37-23-19-15-11-7-3/h25,27,29,31,62-64,69H,5-24,26,28,30,32-61H2,1-4H3,(H,74,75)(H,76,77)/b27-25-,31-29-/t62-,63+,64+/m0/s1. The molecular weight excluding hydrogens is 1150 g/mol. The van der Waals surface area contributed by atoms with Crippen LogP contribution in [0.15, 0.2) is 24.3 Å². The first-order chi connectivity index (χ1) is 42.2. The van der Waals surface area contributed by atoms with Crippen molar-refractivity contribution < 1.29 is 80.2 Å². The Balaban J connectivity index is 5.23. The first kappa shape index (κ1) is 84.5. The molecule has 0 rings (SSSR count). The van der Waals surface area contributed by atoms with E-state index in [0.717, 1.165) is 122 Å². The zero-order chi connectivity index (χ0) is 64.0. The van der Waals surface area contributed by atoms with Crippen molar-refractivity contribution in [2.75, 3.05) is 39.6 Å². The summed E-state index contributed by atoms with van der Waals surface area (Å²) in [5.74, 6) is -2.16. The van der Waals surface area contributed by atoms with Crippen LogP contribution in [0.3, 0.4) is 0 Å². The summed E-state index contributed by atoms with van der Waals surface area (Å²) in [5, 5.41) is 10.5. The van der Waals surface area contributed by atoms with Crippen LogP contribution in [0.2, 0.25) is 0 Å². The summed E-state index contributed by atoms with van der Waals surface area (Å²) >= 11 is 0. The predicted octanol–water partition coefficient (Wildman–Crippen LogP) is 19.1. The Morgan fingerprint density at radius 3 is 0.839 bits per heavy atom. The van der Waals surface area contributed by atoms with Crippen LogP contribution >= 0.6 is 15.6 Å². The number of esters is 4. The van der Waals surface area contributed by atoms with Gasteiger partial charge >= 0.3 is 39.5 Å². The molecular formula is C68H128O17P2. The van der Waals surface area contributed by atoms with Crippen molar-refractivity contribution in [3.63, 3.8) is 0 Å². The SMILES string of the molecule is CCCCCC/C=C\C=C/CCCCCCCC(=O)OC[C@H](COP(=O)(O)OC[C@@H](O)COP(=O)(O)OC[C@@H](COC(=O)CCCCCCCCC)OC(=O)CCCCCCCCCCC)OC(=O)CCCCCCCCCCCCCCCCCC. The van der Waals surface area contributed by atoms with Gasteiger partial charge in [0.15, 0.2) is 12.2 Å². The van der Waals surface area contributed by atoms with Gasteiger partial charge in [-0.2, -0.15) is 0 Å². The van der Waals surface area contributed by atoms with Crippen molar-refractivity contribution in [2.45, 2.75) is 348 Å². The average Bonchev–Trinajstić information content (AvgIpc) is 3.60. The molecule has 3 N–H and O–H groups in total. The lowest BCUT2D eigenvalue weighted by atomic mass is 10.0. The van der Waals surface area contributed by atoms with Crippen molar-refractivity contribution in [1.29, 1.82) is 0 Å². The number of phosphoric acid groups is 2. The number of aliphatic hydroxyl groups is 1. The molecule has 0 aromatic carbocycles. The van der Waals surface area contributed by atoms with E-state index in [1.807, 2.05) is 0 Å². The number of phosphoric ester groups is 2. The van der Waals surface area contributed by atoms with Gasteiger partial charge in [-0.15, -0.1) is 0 Å². The molecule has 512 valence electrons. The predicted molar refractivity (Wildman–Crippen MR) is 349 cm³/mol. The Bertz CT molecular complexity index is 1760. The average molecular weight is 1280 g/mol. The zero-order valence-corrected chi connectivity index (χ0v) is 57.3. The number of carbonyl (C=O) groups is 4. The smallest absolute Gasteiger partial charge is 0.462 e. The zero-order valence-electron chi connectivity index (χ0n) is 55.5. The van der Waals surface area contributed by atoms with E-state index in [1.54, 1.807) is 0 Å². The molecule has 0 fully saturated rings. The third-order valence-corrected chi connectivity index (χ3v) is 17.1. The van der Waals surface area contributed by atoms with Gasteiger partial charge in [-0.25, -0.2) is 9.13 Å². The molecule has 0 spiro atoms. The Labute approximate surface area is 529 Å². The highest BCUT2D eigenvalue weighted by Gasteiger charge is 2.30. The third-order valence-electron chi connectivity index (χ3n) is 15.2.